The lowest BCUT2D eigenvalue weighted by atomic mass is 10.1. The number of H-pyrrole nitrogens is 1. The van der Waals surface area contributed by atoms with Crippen LogP contribution in [0.3, 0.4) is 0 Å². The maximum Gasteiger partial charge on any atom is 0.573 e. The molecule has 1 amide bonds. The van der Waals surface area contributed by atoms with E-state index in [0.29, 0.717) is 5.56 Å². The maximum absolute atomic E-state index is 12.7. The highest BCUT2D eigenvalue weighted by atomic mass is 19.4. The Morgan fingerprint density at radius 2 is 1.90 bits per heavy atom. The molecule has 0 aliphatic heterocycles. The number of alkyl halides is 3. The lowest BCUT2D eigenvalue weighted by molar-refractivity contribution is -0.274. The number of ether oxygens (including phenoxy) is 2. The van der Waals surface area contributed by atoms with Crippen LogP contribution in [0, 0.1) is 6.92 Å². The second-order valence-corrected chi connectivity index (χ2v) is 6.36. The van der Waals surface area contributed by atoms with Gasteiger partial charge in [0.05, 0.1) is 12.6 Å². The van der Waals surface area contributed by atoms with E-state index in [1.54, 1.807) is 19.0 Å². The molecule has 0 bridgehead atoms. The first-order valence-corrected chi connectivity index (χ1v) is 8.45. The molecule has 2 N–H and O–H groups in total. The Morgan fingerprint density at radius 1 is 1.28 bits per heavy atom. The van der Waals surface area contributed by atoms with Crippen LogP contribution < -0.4 is 20.5 Å². The zero-order chi connectivity index (χ0) is 21.8. The number of hydrogen-bond acceptors (Lipinski definition) is 6. The van der Waals surface area contributed by atoms with Crippen molar-refractivity contribution in [3.05, 3.63) is 51.4 Å². The van der Waals surface area contributed by atoms with Gasteiger partial charge in [-0.15, -0.1) is 13.2 Å². The molecule has 11 heteroatoms. The third kappa shape index (κ3) is 5.95. The minimum atomic E-state index is -4.80. The summed E-state index contributed by atoms with van der Waals surface area (Å²) in [6.07, 6.45) is -4.80. The van der Waals surface area contributed by atoms with Gasteiger partial charge in [-0.2, -0.15) is 0 Å². The smallest absolute Gasteiger partial charge is 0.406 e. The summed E-state index contributed by atoms with van der Waals surface area (Å²) in [5.41, 5.74) is 0.115. The van der Waals surface area contributed by atoms with Crippen molar-refractivity contribution in [1.29, 1.82) is 0 Å². The van der Waals surface area contributed by atoms with Gasteiger partial charge in [0.2, 0.25) is 5.95 Å². The van der Waals surface area contributed by atoms with Crippen LogP contribution >= 0.6 is 0 Å². The van der Waals surface area contributed by atoms with E-state index in [2.05, 4.69) is 20.0 Å². The van der Waals surface area contributed by atoms with E-state index < -0.39 is 23.9 Å². The molecule has 1 aromatic carbocycles. The van der Waals surface area contributed by atoms with E-state index >= 15 is 0 Å². The molecule has 0 saturated heterocycles. The molecule has 0 spiro atoms. The van der Waals surface area contributed by atoms with Crippen molar-refractivity contribution >= 4 is 11.9 Å². The standard InChI is InChI=1S/C18H21F3N4O4/c1-10-14(23-17(25(2)3)24-15(10)26)16(27)22-13(9-28-4)11-5-7-12(8-6-11)29-18(19,20)21/h5-8,13H,9H2,1-4H3,(H,22,27)(H,23,24,26). The largest absolute Gasteiger partial charge is 0.573 e. The molecular weight excluding hydrogens is 393 g/mol. The predicted octanol–water partition coefficient (Wildman–Crippen LogP) is 2.16. The van der Waals surface area contributed by atoms with Crippen LogP contribution in [-0.4, -0.2) is 50.0 Å². The lowest BCUT2D eigenvalue weighted by Gasteiger charge is -2.20. The number of hydrogen-bond donors (Lipinski definition) is 2. The van der Waals surface area contributed by atoms with Crippen LogP contribution in [0.15, 0.2) is 29.1 Å². The number of benzene rings is 1. The highest BCUT2D eigenvalue weighted by Gasteiger charge is 2.31. The summed E-state index contributed by atoms with van der Waals surface area (Å²) >= 11 is 0. The van der Waals surface area contributed by atoms with E-state index in [0.717, 1.165) is 12.1 Å². The second-order valence-electron chi connectivity index (χ2n) is 6.36. The Labute approximate surface area is 164 Å². The Hall–Kier alpha value is -3.08. The van der Waals surface area contributed by atoms with Gasteiger partial charge < -0.3 is 19.7 Å². The second kappa shape index (κ2) is 8.95. The summed E-state index contributed by atoms with van der Waals surface area (Å²) in [4.78, 5) is 33.1. The monoisotopic (exact) mass is 414 g/mol. The number of anilines is 1. The first-order chi connectivity index (χ1) is 13.5. The van der Waals surface area contributed by atoms with Crippen molar-refractivity contribution in [3.8, 4) is 5.75 Å². The Kier molecular flexibility index (Phi) is 6.85. The Morgan fingerprint density at radius 3 is 2.41 bits per heavy atom. The molecule has 8 nitrogen and oxygen atoms in total. The number of aromatic nitrogens is 2. The van der Waals surface area contributed by atoms with E-state index in [4.69, 9.17) is 4.74 Å². The van der Waals surface area contributed by atoms with Crippen LogP contribution in [0.4, 0.5) is 19.1 Å². The van der Waals surface area contributed by atoms with Crippen LogP contribution in [0.2, 0.25) is 0 Å². The van der Waals surface area contributed by atoms with Crippen LogP contribution in [0.1, 0.15) is 27.7 Å². The molecule has 0 aliphatic rings. The summed E-state index contributed by atoms with van der Waals surface area (Å²) < 4.78 is 45.8. The highest BCUT2D eigenvalue weighted by Crippen LogP contribution is 2.24. The summed E-state index contributed by atoms with van der Waals surface area (Å²) in [6.45, 7) is 1.52. The number of carbonyl (C=O) groups is 1. The Balaban J connectivity index is 2.27. The number of nitrogens with one attached hydrogen (secondary N) is 2. The number of methoxy groups -OCH3 is 1. The van der Waals surface area contributed by atoms with Gasteiger partial charge in [-0.05, 0) is 24.6 Å². The van der Waals surface area contributed by atoms with Crippen LogP contribution in [0.25, 0.3) is 0 Å². The molecule has 158 valence electrons. The summed E-state index contributed by atoms with van der Waals surface area (Å²) in [7, 11) is 4.74. The van der Waals surface area contributed by atoms with Crippen LogP contribution in [0.5, 0.6) is 5.75 Å². The average molecular weight is 414 g/mol. The molecule has 29 heavy (non-hydrogen) atoms. The molecule has 2 rings (SSSR count). The first kappa shape index (κ1) is 22.2. The third-order valence-electron chi connectivity index (χ3n) is 3.93. The van der Waals surface area contributed by atoms with Gasteiger partial charge in [0.25, 0.3) is 11.5 Å². The molecule has 1 atom stereocenters. The van der Waals surface area contributed by atoms with Gasteiger partial charge in [0.15, 0.2) is 0 Å². The van der Waals surface area contributed by atoms with E-state index in [1.807, 2.05) is 0 Å². The number of nitrogens with zero attached hydrogens (tertiary/aromatic N) is 2. The van der Waals surface area contributed by atoms with Crippen molar-refractivity contribution in [1.82, 2.24) is 15.3 Å². The molecule has 1 heterocycles. The minimum absolute atomic E-state index is 0.0496. The van der Waals surface area contributed by atoms with Gasteiger partial charge in [0, 0.05) is 26.8 Å². The van der Waals surface area contributed by atoms with Crippen LogP contribution in [-0.2, 0) is 4.74 Å². The quantitative estimate of drug-likeness (QED) is 0.721. The SMILES string of the molecule is COCC(NC(=O)c1nc(N(C)C)[nH]c(=O)c1C)c1ccc(OC(F)(F)F)cc1. The summed E-state index contributed by atoms with van der Waals surface area (Å²) in [5.74, 6) is -0.788. The first-order valence-electron chi connectivity index (χ1n) is 8.45. The molecule has 2 aromatic rings. The lowest BCUT2D eigenvalue weighted by Crippen LogP contribution is -2.34. The third-order valence-corrected chi connectivity index (χ3v) is 3.93. The van der Waals surface area contributed by atoms with Crippen molar-refractivity contribution < 1.29 is 27.4 Å². The molecule has 0 saturated carbocycles. The van der Waals surface area contributed by atoms with Crippen molar-refractivity contribution in [2.24, 2.45) is 0 Å². The zero-order valence-electron chi connectivity index (χ0n) is 16.3. The number of amides is 1. The summed E-state index contributed by atoms with van der Waals surface area (Å²) in [5, 5.41) is 2.69. The van der Waals surface area contributed by atoms with Gasteiger partial charge in [-0.3, -0.25) is 14.6 Å². The molecular formula is C18H21F3N4O4. The van der Waals surface area contributed by atoms with E-state index in [1.165, 1.54) is 26.2 Å². The van der Waals surface area contributed by atoms with E-state index in [-0.39, 0.29) is 29.6 Å². The number of carbonyl (C=O) groups excluding carboxylic acids is 1. The molecule has 0 fully saturated rings. The van der Waals surface area contributed by atoms with Crippen molar-refractivity contribution in [2.45, 2.75) is 19.3 Å². The van der Waals surface area contributed by atoms with Gasteiger partial charge >= 0.3 is 6.36 Å². The Bertz CT molecular complexity index is 911. The fourth-order valence-electron chi connectivity index (χ4n) is 2.47. The maximum atomic E-state index is 12.7. The summed E-state index contributed by atoms with van der Waals surface area (Å²) in [6, 6.07) is 4.36. The van der Waals surface area contributed by atoms with Gasteiger partial charge in [-0.25, -0.2) is 4.98 Å². The number of halogens is 3. The molecule has 0 aliphatic carbocycles. The number of rotatable bonds is 7. The highest BCUT2D eigenvalue weighted by molar-refractivity contribution is 5.94. The van der Waals surface area contributed by atoms with Gasteiger partial charge in [0.1, 0.15) is 11.4 Å². The normalized spacial score (nSPS) is 12.4. The molecule has 1 unspecified atom stereocenters. The topological polar surface area (TPSA) is 96.5 Å². The zero-order valence-corrected chi connectivity index (χ0v) is 16.3. The van der Waals surface area contributed by atoms with Gasteiger partial charge in [-0.1, -0.05) is 12.1 Å². The fourth-order valence-corrected chi connectivity index (χ4v) is 2.47. The van der Waals surface area contributed by atoms with Crippen molar-refractivity contribution in [2.75, 3.05) is 32.7 Å². The minimum Gasteiger partial charge on any atom is -0.406 e. The molecule has 1 aromatic heterocycles. The van der Waals surface area contributed by atoms with E-state index in [9.17, 15) is 22.8 Å². The average Bonchev–Trinajstić information content (AvgIpc) is 2.62. The van der Waals surface area contributed by atoms with Crippen molar-refractivity contribution in [3.63, 3.8) is 0 Å². The predicted molar refractivity (Wildman–Crippen MR) is 99.1 cm³/mol. The fraction of sp³-hybridized carbons (Fsp3) is 0.389. The molecule has 0 radical (unpaired) electrons. The number of aromatic amines is 1.